The summed E-state index contributed by atoms with van der Waals surface area (Å²) in [5, 5.41) is 16.8. The van der Waals surface area contributed by atoms with Gasteiger partial charge in [-0.15, -0.1) is 11.3 Å². The summed E-state index contributed by atoms with van der Waals surface area (Å²) < 4.78 is 1.79. The van der Waals surface area contributed by atoms with Gasteiger partial charge in [0.2, 0.25) is 0 Å². The number of carboxylic acids is 1. The number of hydrogen-bond donors (Lipinski definition) is 1. The molecule has 1 aliphatic rings. The molecule has 0 fully saturated rings. The highest BCUT2D eigenvalue weighted by Gasteiger charge is 2.23. The Kier molecular flexibility index (Phi) is 6.27. The van der Waals surface area contributed by atoms with Crippen LogP contribution in [0.15, 0.2) is 23.6 Å². The van der Waals surface area contributed by atoms with E-state index in [1.165, 1.54) is 35.4 Å². The lowest BCUT2D eigenvalue weighted by molar-refractivity contribution is -0.137. The minimum Gasteiger partial charge on any atom is -0.481 e. The van der Waals surface area contributed by atoms with Crippen LogP contribution in [0.5, 0.6) is 0 Å². The van der Waals surface area contributed by atoms with Gasteiger partial charge in [-0.1, -0.05) is 6.07 Å². The van der Waals surface area contributed by atoms with Gasteiger partial charge in [0.1, 0.15) is 11.0 Å². The Labute approximate surface area is 181 Å². The monoisotopic (exact) mass is 424 g/mol. The number of hydrogen-bond acceptors (Lipinski definition) is 5. The fraction of sp³-hybridized carbons (Fsp3) is 0.478. The van der Waals surface area contributed by atoms with Crippen molar-refractivity contribution in [2.24, 2.45) is 0 Å². The first kappa shape index (κ1) is 20.7. The van der Waals surface area contributed by atoms with Crippen LogP contribution in [-0.4, -0.2) is 30.8 Å². The van der Waals surface area contributed by atoms with Crippen LogP contribution in [-0.2, 0) is 30.5 Å². The van der Waals surface area contributed by atoms with E-state index in [4.69, 9.17) is 9.97 Å². The van der Waals surface area contributed by atoms with Crippen LogP contribution in [0.25, 0.3) is 0 Å². The second kappa shape index (κ2) is 9.08. The SMILES string of the molecule is Cc1cc(C)n(C(CC(=O)O)c2nc(CCCc3ccc4c(n3)CCCC4)cs2)n1. The standard InChI is InChI=1S/C23H28N4O2S/c1-15-12-16(2)27(26-15)21(13-22(28)29)23-25-19(14-30-23)8-5-7-18-11-10-17-6-3-4-9-20(17)24-18/h10-12,14,21H,3-9,13H2,1-2H3,(H,28,29). The molecule has 0 amide bonds. The Morgan fingerprint density at radius 2 is 1.97 bits per heavy atom. The Morgan fingerprint density at radius 3 is 2.73 bits per heavy atom. The molecule has 4 rings (SSSR count). The highest BCUT2D eigenvalue weighted by molar-refractivity contribution is 7.09. The highest BCUT2D eigenvalue weighted by atomic mass is 32.1. The van der Waals surface area contributed by atoms with Crippen molar-refractivity contribution in [3.63, 3.8) is 0 Å². The quantitative estimate of drug-likeness (QED) is 0.577. The Morgan fingerprint density at radius 1 is 1.17 bits per heavy atom. The molecule has 0 aromatic carbocycles. The number of aliphatic carboxylic acids is 1. The molecule has 0 bridgehead atoms. The van der Waals surface area contributed by atoms with Crippen molar-refractivity contribution in [3.8, 4) is 0 Å². The van der Waals surface area contributed by atoms with Crippen LogP contribution in [0.3, 0.4) is 0 Å². The zero-order valence-electron chi connectivity index (χ0n) is 17.6. The lowest BCUT2D eigenvalue weighted by Crippen LogP contribution is -2.17. The van der Waals surface area contributed by atoms with Crippen LogP contribution in [0.4, 0.5) is 0 Å². The average molecular weight is 425 g/mol. The molecule has 158 valence electrons. The van der Waals surface area contributed by atoms with E-state index in [0.717, 1.165) is 59.9 Å². The van der Waals surface area contributed by atoms with Gasteiger partial charge >= 0.3 is 5.97 Å². The first-order valence-electron chi connectivity index (χ1n) is 10.7. The van der Waals surface area contributed by atoms with Crippen LogP contribution in [0.1, 0.15) is 70.8 Å². The predicted octanol–water partition coefficient (Wildman–Crippen LogP) is 4.47. The molecule has 3 aromatic heterocycles. The van der Waals surface area contributed by atoms with E-state index in [2.05, 4.69) is 22.6 Å². The van der Waals surface area contributed by atoms with Crippen molar-refractivity contribution in [1.29, 1.82) is 0 Å². The maximum Gasteiger partial charge on any atom is 0.305 e. The molecule has 0 saturated carbocycles. The summed E-state index contributed by atoms with van der Waals surface area (Å²) in [5.41, 5.74) is 6.73. The van der Waals surface area contributed by atoms with Crippen molar-refractivity contribution in [2.45, 2.75) is 71.3 Å². The fourth-order valence-corrected chi connectivity index (χ4v) is 5.15. The molecule has 0 aliphatic heterocycles. The van der Waals surface area contributed by atoms with Gasteiger partial charge in [-0.25, -0.2) is 4.98 Å². The van der Waals surface area contributed by atoms with Gasteiger partial charge in [-0.2, -0.15) is 5.10 Å². The molecule has 1 atom stereocenters. The zero-order valence-corrected chi connectivity index (χ0v) is 18.4. The van der Waals surface area contributed by atoms with E-state index in [0.29, 0.717) is 0 Å². The maximum absolute atomic E-state index is 11.4. The molecular weight excluding hydrogens is 396 g/mol. The third-order valence-corrected chi connectivity index (χ3v) is 6.66. The minimum absolute atomic E-state index is 0.0199. The minimum atomic E-state index is -0.845. The molecule has 3 heterocycles. The molecule has 1 N–H and O–H groups in total. The normalized spacial score (nSPS) is 14.5. The zero-order chi connectivity index (χ0) is 21.1. The number of carboxylic acid groups (broad SMARTS) is 1. The van der Waals surface area contributed by atoms with Crippen LogP contribution in [0.2, 0.25) is 0 Å². The summed E-state index contributed by atoms with van der Waals surface area (Å²) in [5.74, 6) is -0.845. The highest BCUT2D eigenvalue weighted by Crippen LogP contribution is 2.27. The number of nitrogens with zero attached hydrogens (tertiary/aromatic N) is 4. The number of rotatable bonds is 8. The molecular formula is C23H28N4O2S. The molecule has 30 heavy (non-hydrogen) atoms. The summed E-state index contributed by atoms with van der Waals surface area (Å²) >= 11 is 1.53. The van der Waals surface area contributed by atoms with E-state index in [1.54, 1.807) is 4.68 Å². The summed E-state index contributed by atoms with van der Waals surface area (Å²) in [6.07, 6.45) is 7.57. The van der Waals surface area contributed by atoms with E-state index in [-0.39, 0.29) is 12.5 Å². The summed E-state index contributed by atoms with van der Waals surface area (Å²) in [6.45, 7) is 3.87. The number of aryl methyl sites for hydroxylation is 6. The molecule has 1 aliphatic carbocycles. The van der Waals surface area contributed by atoms with Gasteiger partial charge in [0.15, 0.2) is 0 Å². The summed E-state index contributed by atoms with van der Waals surface area (Å²) in [4.78, 5) is 21.1. The number of aromatic nitrogens is 4. The predicted molar refractivity (Wildman–Crippen MR) is 117 cm³/mol. The van der Waals surface area contributed by atoms with Crippen molar-refractivity contribution >= 4 is 17.3 Å². The third-order valence-electron chi connectivity index (χ3n) is 5.66. The Balaban J connectivity index is 1.41. The van der Waals surface area contributed by atoms with E-state index in [1.807, 2.05) is 19.9 Å². The van der Waals surface area contributed by atoms with Crippen LogP contribution in [0, 0.1) is 13.8 Å². The van der Waals surface area contributed by atoms with Gasteiger partial charge in [-0.3, -0.25) is 14.5 Å². The molecule has 6 nitrogen and oxygen atoms in total. The molecule has 0 radical (unpaired) electrons. The van der Waals surface area contributed by atoms with Gasteiger partial charge in [-0.05, 0) is 76.5 Å². The molecule has 7 heteroatoms. The van der Waals surface area contributed by atoms with E-state index >= 15 is 0 Å². The smallest absolute Gasteiger partial charge is 0.305 e. The Bertz CT molecular complexity index is 1040. The van der Waals surface area contributed by atoms with Crippen LogP contribution >= 0.6 is 11.3 Å². The third kappa shape index (κ3) is 4.78. The lowest BCUT2D eigenvalue weighted by Gasteiger charge is -2.15. The summed E-state index contributed by atoms with van der Waals surface area (Å²) in [7, 11) is 0. The van der Waals surface area contributed by atoms with Crippen molar-refractivity contribution in [3.05, 3.63) is 62.6 Å². The van der Waals surface area contributed by atoms with Gasteiger partial charge < -0.3 is 5.11 Å². The number of fused-ring (bicyclic) bond motifs is 1. The topological polar surface area (TPSA) is 80.9 Å². The fourth-order valence-electron chi connectivity index (χ4n) is 4.21. The van der Waals surface area contributed by atoms with Gasteiger partial charge in [0.25, 0.3) is 0 Å². The first-order valence-corrected chi connectivity index (χ1v) is 11.5. The van der Waals surface area contributed by atoms with Gasteiger partial charge in [0, 0.05) is 22.5 Å². The molecule has 3 aromatic rings. The van der Waals surface area contributed by atoms with Gasteiger partial charge in [0.05, 0.1) is 17.8 Å². The van der Waals surface area contributed by atoms with Crippen molar-refractivity contribution in [2.75, 3.05) is 0 Å². The lowest BCUT2D eigenvalue weighted by atomic mass is 9.95. The summed E-state index contributed by atoms with van der Waals surface area (Å²) in [6, 6.07) is 6.03. The largest absolute Gasteiger partial charge is 0.481 e. The molecule has 0 saturated heterocycles. The second-order valence-corrected chi connectivity index (χ2v) is 9.02. The van der Waals surface area contributed by atoms with E-state index in [9.17, 15) is 9.90 Å². The number of pyridine rings is 1. The molecule has 0 spiro atoms. The average Bonchev–Trinajstić information content (AvgIpc) is 3.32. The molecule has 1 unspecified atom stereocenters. The second-order valence-electron chi connectivity index (χ2n) is 8.13. The van der Waals surface area contributed by atoms with Crippen molar-refractivity contribution < 1.29 is 9.90 Å². The number of thiazole rings is 1. The maximum atomic E-state index is 11.4. The van der Waals surface area contributed by atoms with Crippen molar-refractivity contribution in [1.82, 2.24) is 19.7 Å². The number of carbonyl (C=O) groups is 1. The van der Waals surface area contributed by atoms with Crippen LogP contribution < -0.4 is 0 Å². The van der Waals surface area contributed by atoms with E-state index < -0.39 is 5.97 Å². The Hall–Kier alpha value is -2.54. The first-order chi connectivity index (χ1) is 14.5.